The third-order valence-corrected chi connectivity index (χ3v) is 3.74. The number of benzene rings is 2. The first kappa shape index (κ1) is 14.6. The van der Waals surface area contributed by atoms with Gasteiger partial charge in [0.05, 0.1) is 18.8 Å². The van der Waals surface area contributed by atoms with Gasteiger partial charge in [-0.05, 0) is 16.7 Å². The average Bonchev–Trinajstić information content (AvgIpc) is 2.84. The highest BCUT2D eigenvalue weighted by molar-refractivity contribution is 5.73. The van der Waals surface area contributed by atoms with Crippen LogP contribution in [0.3, 0.4) is 0 Å². The second kappa shape index (κ2) is 6.60. The van der Waals surface area contributed by atoms with Crippen molar-refractivity contribution in [3.8, 4) is 0 Å². The second-order valence-corrected chi connectivity index (χ2v) is 5.30. The van der Waals surface area contributed by atoms with Crippen molar-refractivity contribution in [3.63, 3.8) is 0 Å². The quantitative estimate of drug-likeness (QED) is 0.757. The molecule has 0 radical (unpaired) electrons. The third kappa shape index (κ3) is 3.27. The molecule has 2 unspecified atom stereocenters. The summed E-state index contributed by atoms with van der Waals surface area (Å²) in [6.45, 7) is 0.290. The predicted molar refractivity (Wildman–Crippen MR) is 81.8 cm³/mol. The maximum absolute atomic E-state index is 11.9. The van der Waals surface area contributed by atoms with Crippen molar-refractivity contribution in [2.24, 2.45) is 0 Å². The number of rotatable bonds is 4. The van der Waals surface area contributed by atoms with Gasteiger partial charge < -0.3 is 10.4 Å². The molecular weight excluding hydrogens is 280 g/mol. The van der Waals surface area contributed by atoms with E-state index >= 15 is 0 Å². The normalized spacial score (nSPS) is 19.5. The minimum Gasteiger partial charge on any atom is -0.390 e. The van der Waals surface area contributed by atoms with Crippen LogP contribution < -0.4 is 10.8 Å². The minimum atomic E-state index is -0.614. The van der Waals surface area contributed by atoms with E-state index in [1.807, 2.05) is 54.6 Å². The number of hydrogen-bond acceptors (Lipinski definition) is 3. The van der Waals surface area contributed by atoms with Crippen LogP contribution in [0.15, 0.2) is 54.6 Å². The maximum atomic E-state index is 11.9. The average molecular weight is 298 g/mol. The molecule has 1 aliphatic carbocycles. The number of carbonyl (C=O) groups is 1. The van der Waals surface area contributed by atoms with Crippen LogP contribution in [0.2, 0.25) is 0 Å². The fourth-order valence-electron chi connectivity index (χ4n) is 2.68. The van der Waals surface area contributed by atoms with Crippen molar-refractivity contribution in [1.82, 2.24) is 10.8 Å². The van der Waals surface area contributed by atoms with Crippen LogP contribution in [0.4, 0.5) is 4.79 Å². The van der Waals surface area contributed by atoms with Crippen molar-refractivity contribution in [2.75, 3.05) is 0 Å². The molecule has 5 heteroatoms. The Bertz CT molecular complexity index is 645. The zero-order valence-electron chi connectivity index (χ0n) is 12.0. The zero-order valence-corrected chi connectivity index (χ0v) is 12.0. The highest BCUT2D eigenvalue weighted by Gasteiger charge is 2.31. The molecule has 2 aromatic rings. The molecule has 0 spiro atoms. The first-order valence-electron chi connectivity index (χ1n) is 7.22. The van der Waals surface area contributed by atoms with Gasteiger partial charge in [-0.25, -0.2) is 10.3 Å². The Balaban J connectivity index is 1.52. The van der Waals surface area contributed by atoms with E-state index in [2.05, 4.69) is 10.8 Å². The summed E-state index contributed by atoms with van der Waals surface area (Å²) in [5.41, 5.74) is 5.33. The number of nitrogens with one attached hydrogen (secondary N) is 2. The van der Waals surface area contributed by atoms with Crippen LogP contribution in [-0.4, -0.2) is 17.2 Å². The van der Waals surface area contributed by atoms with E-state index in [-0.39, 0.29) is 6.61 Å². The smallest absolute Gasteiger partial charge is 0.339 e. The summed E-state index contributed by atoms with van der Waals surface area (Å²) in [5.74, 6) is 0. The summed E-state index contributed by atoms with van der Waals surface area (Å²) in [4.78, 5) is 17.1. The molecule has 0 fully saturated rings. The molecule has 3 N–H and O–H groups in total. The molecule has 2 aromatic carbocycles. The Labute approximate surface area is 128 Å². The first-order chi connectivity index (χ1) is 10.7. The lowest BCUT2D eigenvalue weighted by atomic mass is 10.1. The highest BCUT2D eigenvalue weighted by atomic mass is 16.7. The van der Waals surface area contributed by atoms with Crippen LogP contribution in [0.1, 0.15) is 22.7 Å². The highest BCUT2D eigenvalue weighted by Crippen LogP contribution is 2.30. The standard InChI is InChI=1S/C17H18N2O3/c20-15-10-13-8-4-5-9-14(13)16(15)18-17(21)19-22-11-12-6-2-1-3-7-12/h1-9,15-16,20H,10-11H2,(H2,18,19,21). The summed E-state index contributed by atoms with van der Waals surface area (Å²) in [6, 6.07) is 16.4. The molecule has 0 aliphatic heterocycles. The second-order valence-electron chi connectivity index (χ2n) is 5.30. The monoisotopic (exact) mass is 298 g/mol. The van der Waals surface area contributed by atoms with Crippen molar-refractivity contribution in [2.45, 2.75) is 25.2 Å². The third-order valence-electron chi connectivity index (χ3n) is 3.74. The van der Waals surface area contributed by atoms with Crippen LogP contribution >= 0.6 is 0 Å². The van der Waals surface area contributed by atoms with Gasteiger partial charge in [0.15, 0.2) is 0 Å². The topological polar surface area (TPSA) is 70.6 Å². The van der Waals surface area contributed by atoms with Crippen LogP contribution in [0.25, 0.3) is 0 Å². The molecular formula is C17H18N2O3. The first-order valence-corrected chi connectivity index (χ1v) is 7.22. The number of aliphatic hydroxyl groups is 1. The molecule has 0 bridgehead atoms. The Morgan fingerprint density at radius 2 is 1.86 bits per heavy atom. The van der Waals surface area contributed by atoms with Crippen molar-refractivity contribution in [3.05, 3.63) is 71.3 Å². The molecule has 0 saturated heterocycles. The lowest BCUT2D eigenvalue weighted by molar-refractivity contribution is 0.0453. The number of hydroxylamine groups is 1. The van der Waals surface area contributed by atoms with E-state index in [0.717, 1.165) is 16.7 Å². The molecule has 5 nitrogen and oxygen atoms in total. The van der Waals surface area contributed by atoms with Gasteiger partial charge in [0.25, 0.3) is 0 Å². The lowest BCUT2D eigenvalue weighted by Crippen LogP contribution is -2.40. The molecule has 3 rings (SSSR count). The van der Waals surface area contributed by atoms with Gasteiger partial charge in [-0.15, -0.1) is 0 Å². The number of aliphatic hydroxyl groups excluding tert-OH is 1. The fourth-order valence-corrected chi connectivity index (χ4v) is 2.68. The Morgan fingerprint density at radius 3 is 2.68 bits per heavy atom. The Kier molecular flexibility index (Phi) is 4.37. The molecule has 2 amide bonds. The van der Waals surface area contributed by atoms with Gasteiger partial charge in [0, 0.05) is 6.42 Å². The largest absolute Gasteiger partial charge is 0.390 e. The van der Waals surface area contributed by atoms with Crippen LogP contribution in [0.5, 0.6) is 0 Å². The number of urea groups is 1. The van der Waals surface area contributed by atoms with Crippen molar-refractivity contribution < 1.29 is 14.7 Å². The van der Waals surface area contributed by atoms with E-state index in [0.29, 0.717) is 6.42 Å². The molecule has 0 aromatic heterocycles. The minimum absolute atomic E-state index is 0.290. The number of hydrogen-bond donors (Lipinski definition) is 3. The van der Waals surface area contributed by atoms with Gasteiger partial charge >= 0.3 is 6.03 Å². The van der Waals surface area contributed by atoms with E-state index in [4.69, 9.17) is 4.84 Å². The number of amides is 2. The van der Waals surface area contributed by atoms with Crippen LogP contribution in [0, 0.1) is 0 Å². The molecule has 0 saturated carbocycles. The molecule has 2 atom stereocenters. The zero-order chi connectivity index (χ0) is 15.4. The van der Waals surface area contributed by atoms with Gasteiger partial charge in [0.2, 0.25) is 0 Å². The molecule has 0 heterocycles. The maximum Gasteiger partial charge on any atom is 0.339 e. The van der Waals surface area contributed by atoms with Crippen molar-refractivity contribution >= 4 is 6.03 Å². The Hall–Kier alpha value is -2.37. The summed E-state index contributed by atoms with van der Waals surface area (Å²) in [6.07, 6.45) is -0.0660. The van der Waals surface area contributed by atoms with Crippen LogP contribution in [-0.2, 0) is 17.9 Å². The van der Waals surface area contributed by atoms with E-state index in [1.165, 1.54) is 0 Å². The SMILES string of the molecule is O=C(NOCc1ccccc1)NC1c2ccccc2CC1O. The number of carbonyl (C=O) groups excluding carboxylic acids is 1. The molecule has 1 aliphatic rings. The Morgan fingerprint density at radius 1 is 1.14 bits per heavy atom. The molecule has 22 heavy (non-hydrogen) atoms. The van der Waals surface area contributed by atoms with E-state index in [1.54, 1.807) is 0 Å². The summed E-state index contributed by atoms with van der Waals surface area (Å²) in [5, 5.41) is 12.8. The summed E-state index contributed by atoms with van der Waals surface area (Å²) >= 11 is 0. The summed E-state index contributed by atoms with van der Waals surface area (Å²) < 4.78 is 0. The van der Waals surface area contributed by atoms with Gasteiger partial charge in [-0.1, -0.05) is 54.6 Å². The predicted octanol–water partition coefficient (Wildman–Crippen LogP) is 2.08. The van der Waals surface area contributed by atoms with E-state index in [9.17, 15) is 9.90 Å². The van der Waals surface area contributed by atoms with Gasteiger partial charge in [0.1, 0.15) is 0 Å². The van der Waals surface area contributed by atoms with Gasteiger partial charge in [-0.3, -0.25) is 4.84 Å². The fraction of sp³-hybridized carbons (Fsp3) is 0.235. The lowest BCUT2D eigenvalue weighted by Gasteiger charge is -2.18. The molecule has 114 valence electrons. The number of fused-ring (bicyclic) bond motifs is 1. The van der Waals surface area contributed by atoms with E-state index < -0.39 is 18.2 Å². The van der Waals surface area contributed by atoms with Gasteiger partial charge in [-0.2, -0.15) is 0 Å². The summed E-state index contributed by atoms with van der Waals surface area (Å²) in [7, 11) is 0. The van der Waals surface area contributed by atoms with Crippen molar-refractivity contribution in [1.29, 1.82) is 0 Å².